The van der Waals surface area contributed by atoms with E-state index in [-0.39, 0.29) is 10.5 Å². The molecular formula is C19H29NSi. The molecule has 0 radical (unpaired) electrons. The van der Waals surface area contributed by atoms with Gasteiger partial charge in [0.25, 0.3) is 0 Å². The normalized spacial score (nSPS) is 23.0. The van der Waals surface area contributed by atoms with E-state index in [1.54, 1.807) is 0 Å². The van der Waals surface area contributed by atoms with Crippen LogP contribution in [0, 0.1) is 0 Å². The van der Waals surface area contributed by atoms with E-state index in [9.17, 15) is 0 Å². The second kappa shape index (κ2) is 5.17. The molecule has 1 aromatic carbocycles. The fourth-order valence-electron chi connectivity index (χ4n) is 3.12. The van der Waals surface area contributed by atoms with Crippen molar-refractivity contribution < 1.29 is 0 Å². The van der Waals surface area contributed by atoms with Gasteiger partial charge in [0.1, 0.15) is 0 Å². The molecule has 114 valence electrons. The number of nitrogens with two attached hydrogens (primary N) is 1. The lowest BCUT2D eigenvalue weighted by Crippen LogP contribution is -2.48. The molecule has 1 aliphatic carbocycles. The zero-order chi connectivity index (χ0) is 15.9. The molecule has 0 aliphatic heterocycles. The summed E-state index contributed by atoms with van der Waals surface area (Å²) < 4.78 is 0. The number of hydrogen-bond acceptors (Lipinski definition) is 1. The fourth-order valence-corrected chi connectivity index (χ4v) is 5.45. The van der Waals surface area contributed by atoms with Gasteiger partial charge in [-0.05, 0) is 29.0 Å². The molecule has 2 N–H and O–H groups in total. The van der Waals surface area contributed by atoms with E-state index < -0.39 is 8.07 Å². The van der Waals surface area contributed by atoms with Gasteiger partial charge < -0.3 is 5.73 Å². The fraction of sp³-hybridized carbons (Fsp3) is 0.474. The second-order valence-corrected chi connectivity index (χ2v) is 13.7. The Kier molecular flexibility index (Phi) is 3.96. The number of hydrogen-bond donors (Lipinski definition) is 1. The molecule has 1 atom stereocenters. The molecule has 0 spiro atoms. The van der Waals surface area contributed by atoms with E-state index >= 15 is 0 Å². The van der Waals surface area contributed by atoms with Crippen LogP contribution >= 0.6 is 0 Å². The van der Waals surface area contributed by atoms with Gasteiger partial charge in [-0.1, -0.05) is 76.8 Å². The van der Waals surface area contributed by atoms with Gasteiger partial charge in [0.2, 0.25) is 0 Å². The molecule has 0 amide bonds. The Hall–Kier alpha value is -1.28. The zero-order valence-corrected chi connectivity index (χ0v) is 15.3. The predicted molar refractivity (Wildman–Crippen MR) is 96.2 cm³/mol. The van der Waals surface area contributed by atoms with Crippen LogP contribution in [-0.4, -0.2) is 8.07 Å². The summed E-state index contributed by atoms with van der Waals surface area (Å²) in [6.07, 6.45) is 7.68. The van der Waals surface area contributed by atoms with Crippen LogP contribution in [0.1, 0.15) is 38.3 Å². The first kappa shape index (κ1) is 16.1. The maximum absolute atomic E-state index is 5.95. The highest BCUT2D eigenvalue weighted by molar-refractivity contribution is 6.79. The summed E-state index contributed by atoms with van der Waals surface area (Å²) in [4.78, 5) is 0. The third-order valence-corrected chi connectivity index (χ3v) is 8.16. The molecule has 0 heterocycles. The number of benzene rings is 1. The van der Waals surface area contributed by atoms with Crippen molar-refractivity contribution in [1.82, 2.24) is 0 Å². The van der Waals surface area contributed by atoms with E-state index in [1.165, 1.54) is 11.1 Å². The molecular weight excluding hydrogens is 270 g/mol. The lowest BCUT2D eigenvalue weighted by molar-refractivity contribution is 0.589. The van der Waals surface area contributed by atoms with E-state index in [0.29, 0.717) is 0 Å². The summed E-state index contributed by atoms with van der Waals surface area (Å²) in [7, 11) is -1.43. The first-order valence-electron chi connectivity index (χ1n) is 7.82. The smallest absolute Gasteiger partial charge is 0.0608 e. The lowest BCUT2D eigenvalue weighted by Gasteiger charge is -2.43. The summed E-state index contributed by atoms with van der Waals surface area (Å²) in [5.41, 5.74) is 9.89. The van der Waals surface area contributed by atoms with Gasteiger partial charge in [0, 0.05) is 10.7 Å². The van der Waals surface area contributed by atoms with Crippen molar-refractivity contribution in [2.45, 2.75) is 57.3 Å². The third kappa shape index (κ3) is 3.01. The average Bonchev–Trinajstić information content (AvgIpc) is 2.37. The summed E-state index contributed by atoms with van der Waals surface area (Å²) in [6.45, 7) is 14.1. The van der Waals surface area contributed by atoms with Crippen LogP contribution in [0.2, 0.25) is 19.6 Å². The molecule has 1 aliphatic rings. The van der Waals surface area contributed by atoms with Crippen molar-refractivity contribution in [2.24, 2.45) is 5.73 Å². The molecule has 1 nitrogen and oxygen atoms in total. The topological polar surface area (TPSA) is 26.0 Å². The molecule has 1 unspecified atom stereocenters. The van der Waals surface area contributed by atoms with E-state index in [2.05, 4.69) is 82.9 Å². The van der Waals surface area contributed by atoms with E-state index in [4.69, 9.17) is 5.73 Å². The minimum absolute atomic E-state index is 0.159. The quantitative estimate of drug-likeness (QED) is 0.772. The Morgan fingerprint density at radius 2 is 1.62 bits per heavy atom. The van der Waals surface area contributed by atoms with E-state index in [1.807, 2.05) is 0 Å². The SMILES string of the molecule is CC(C)(C)c1ccc(C2([Si](C)(C)C)C=CC(N)=CC2)cc1. The van der Waals surface area contributed by atoms with Crippen LogP contribution in [0.25, 0.3) is 0 Å². The van der Waals surface area contributed by atoms with E-state index in [0.717, 1.165) is 12.1 Å². The van der Waals surface area contributed by atoms with Crippen LogP contribution in [0.5, 0.6) is 0 Å². The molecule has 0 saturated heterocycles. The Labute approximate surface area is 131 Å². The Morgan fingerprint density at radius 1 is 1.05 bits per heavy atom. The molecule has 0 bridgehead atoms. The summed E-state index contributed by atoms with van der Waals surface area (Å²) >= 11 is 0. The highest BCUT2D eigenvalue weighted by Crippen LogP contribution is 2.42. The van der Waals surface area contributed by atoms with Gasteiger partial charge >= 0.3 is 0 Å². The molecule has 0 aromatic heterocycles. The van der Waals surface area contributed by atoms with Crippen molar-refractivity contribution in [3.05, 3.63) is 59.3 Å². The highest BCUT2D eigenvalue weighted by atomic mass is 28.3. The summed E-state index contributed by atoms with van der Waals surface area (Å²) in [5, 5.41) is 0.159. The van der Waals surface area contributed by atoms with Crippen LogP contribution in [0.3, 0.4) is 0 Å². The summed E-state index contributed by atoms with van der Waals surface area (Å²) in [5.74, 6) is 0. The largest absolute Gasteiger partial charge is 0.399 e. The maximum Gasteiger partial charge on any atom is 0.0608 e. The predicted octanol–water partition coefficient (Wildman–Crippen LogP) is 4.90. The van der Waals surface area contributed by atoms with Crippen molar-refractivity contribution in [1.29, 1.82) is 0 Å². The third-order valence-electron chi connectivity index (χ3n) is 4.82. The zero-order valence-electron chi connectivity index (χ0n) is 14.3. The molecule has 0 saturated carbocycles. The molecule has 0 fully saturated rings. The number of rotatable bonds is 2. The van der Waals surface area contributed by atoms with Gasteiger partial charge in [0.05, 0.1) is 8.07 Å². The Bertz CT molecular complexity index is 567. The van der Waals surface area contributed by atoms with Gasteiger partial charge in [0.15, 0.2) is 0 Å². The monoisotopic (exact) mass is 299 g/mol. The molecule has 2 rings (SSSR count). The lowest BCUT2D eigenvalue weighted by atomic mass is 9.84. The Balaban J connectivity index is 2.47. The van der Waals surface area contributed by atoms with Crippen LogP contribution in [0.4, 0.5) is 0 Å². The average molecular weight is 300 g/mol. The van der Waals surface area contributed by atoms with Crippen molar-refractivity contribution >= 4 is 8.07 Å². The molecule has 2 heteroatoms. The molecule has 21 heavy (non-hydrogen) atoms. The first-order chi connectivity index (χ1) is 9.56. The highest BCUT2D eigenvalue weighted by Gasteiger charge is 2.42. The van der Waals surface area contributed by atoms with Crippen LogP contribution in [-0.2, 0) is 10.5 Å². The first-order valence-corrected chi connectivity index (χ1v) is 11.3. The van der Waals surface area contributed by atoms with Crippen molar-refractivity contribution in [3.63, 3.8) is 0 Å². The van der Waals surface area contributed by atoms with Crippen LogP contribution < -0.4 is 5.73 Å². The molecule has 1 aromatic rings. The van der Waals surface area contributed by atoms with Gasteiger partial charge in [-0.25, -0.2) is 0 Å². The van der Waals surface area contributed by atoms with Gasteiger partial charge in [-0.3, -0.25) is 0 Å². The number of allylic oxidation sites excluding steroid dienone is 3. The standard InChI is InChI=1S/C19H29NSi/c1-18(2,3)15-7-9-16(10-8-15)19(21(4,5)6)13-11-17(20)12-14-19/h7-13H,14,20H2,1-6H3. The van der Waals surface area contributed by atoms with Crippen LogP contribution in [0.15, 0.2) is 48.2 Å². The minimum Gasteiger partial charge on any atom is -0.399 e. The van der Waals surface area contributed by atoms with Crippen molar-refractivity contribution in [3.8, 4) is 0 Å². The van der Waals surface area contributed by atoms with Crippen molar-refractivity contribution in [2.75, 3.05) is 0 Å². The maximum atomic E-state index is 5.95. The summed E-state index contributed by atoms with van der Waals surface area (Å²) in [6, 6.07) is 9.26. The van der Waals surface area contributed by atoms with Gasteiger partial charge in [-0.2, -0.15) is 0 Å². The minimum atomic E-state index is -1.43. The Morgan fingerprint density at radius 3 is 2.00 bits per heavy atom. The van der Waals surface area contributed by atoms with Gasteiger partial charge in [-0.15, -0.1) is 0 Å². The second-order valence-electron chi connectivity index (χ2n) is 8.29.